The summed E-state index contributed by atoms with van der Waals surface area (Å²) in [5.74, 6) is 0. The van der Waals surface area contributed by atoms with Crippen LogP contribution in [0.4, 0.5) is 11.4 Å². The zero-order valence-corrected chi connectivity index (χ0v) is 12.6. The molecule has 0 radical (unpaired) electrons. The summed E-state index contributed by atoms with van der Waals surface area (Å²) < 4.78 is 0. The fourth-order valence-electron chi connectivity index (χ4n) is 2.19. The van der Waals surface area contributed by atoms with Crippen LogP contribution in [0.2, 0.25) is 5.02 Å². The summed E-state index contributed by atoms with van der Waals surface area (Å²) in [4.78, 5) is 10.4. The molecule has 0 bridgehead atoms. The van der Waals surface area contributed by atoms with Crippen molar-refractivity contribution in [1.82, 2.24) is 0 Å². The van der Waals surface area contributed by atoms with Crippen LogP contribution in [-0.4, -0.2) is 4.92 Å². The number of nitro groups is 1. The molecular weight excluding hydrogens is 288 g/mol. The maximum Gasteiger partial charge on any atom is 0.288 e. The minimum absolute atomic E-state index is 0.0576. The second kappa shape index (κ2) is 7.09. The summed E-state index contributed by atoms with van der Waals surface area (Å²) in [5.41, 5.74) is 3.09. The lowest BCUT2D eigenvalue weighted by Gasteiger charge is -2.11. The van der Waals surface area contributed by atoms with Gasteiger partial charge in [-0.15, -0.1) is 0 Å². The first-order valence-corrected chi connectivity index (χ1v) is 7.24. The SMILES string of the molecule is CCCc1ccccc1NCc1ccc(Cl)c([N+](=O)[O-])c1. The number of aryl methyl sites for hydroxylation is 1. The van der Waals surface area contributed by atoms with E-state index < -0.39 is 4.92 Å². The van der Waals surface area contributed by atoms with E-state index in [0.29, 0.717) is 6.54 Å². The molecule has 2 aromatic carbocycles. The molecule has 0 aromatic heterocycles. The average molecular weight is 305 g/mol. The van der Waals surface area contributed by atoms with Gasteiger partial charge in [0, 0.05) is 18.3 Å². The molecule has 0 aliphatic rings. The monoisotopic (exact) mass is 304 g/mol. The maximum atomic E-state index is 10.9. The Hall–Kier alpha value is -2.07. The third-order valence-corrected chi connectivity index (χ3v) is 3.55. The zero-order valence-electron chi connectivity index (χ0n) is 11.8. The van der Waals surface area contributed by atoms with Gasteiger partial charge >= 0.3 is 0 Å². The number of anilines is 1. The molecule has 0 unspecified atom stereocenters. The van der Waals surface area contributed by atoms with Gasteiger partial charge in [-0.3, -0.25) is 10.1 Å². The number of nitro benzene ring substituents is 1. The molecule has 4 nitrogen and oxygen atoms in total. The quantitative estimate of drug-likeness (QED) is 0.615. The first-order valence-electron chi connectivity index (χ1n) is 6.86. The number of rotatable bonds is 6. The fraction of sp³-hybridized carbons (Fsp3) is 0.250. The number of hydrogen-bond donors (Lipinski definition) is 1. The third kappa shape index (κ3) is 3.95. The second-order valence-electron chi connectivity index (χ2n) is 4.80. The van der Waals surface area contributed by atoms with Crippen LogP contribution < -0.4 is 5.32 Å². The molecule has 5 heteroatoms. The van der Waals surface area contributed by atoms with E-state index in [1.807, 2.05) is 18.2 Å². The molecule has 2 rings (SSSR count). The van der Waals surface area contributed by atoms with Crippen LogP contribution in [-0.2, 0) is 13.0 Å². The zero-order chi connectivity index (χ0) is 15.2. The molecule has 21 heavy (non-hydrogen) atoms. The van der Waals surface area contributed by atoms with E-state index >= 15 is 0 Å². The number of hydrogen-bond acceptors (Lipinski definition) is 3. The largest absolute Gasteiger partial charge is 0.381 e. The number of nitrogens with zero attached hydrogens (tertiary/aromatic N) is 1. The van der Waals surface area contributed by atoms with Crippen molar-refractivity contribution in [3.05, 3.63) is 68.7 Å². The Labute approximate surface area is 128 Å². The molecule has 2 aromatic rings. The van der Waals surface area contributed by atoms with Gasteiger partial charge in [-0.25, -0.2) is 0 Å². The van der Waals surface area contributed by atoms with Crippen LogP contribution in [0.15, 0.2) is 42.5 Å². The molecule has 0 saturated heterocycles. The molecule has 0 aliphatic heterocycles. The average Bonchev–Trinajstić information content (AvgIpc) is 2.47. The van der Waals surface area contributed by atoms with Crippen LogP contribution in [0.3, 0.4) is 0 Å². The molecule has 110 valence electrons. The van der Waals surface area contributed by atoms with Gasteiger partial charge in [0.2, 0.25) is 0 Å². The van der Waals surface area contributed by atoms with Crippen molar-refractivity contribution in [2.24, 2.45) is 0 Å². The molecule has 0 saturated carbocycles. The van der Waals surface area contributed by atoms with Crippen molar-refractivity contribution in [2.45, 2.75) is 26.3 Å². The molecular formula is C16H17ClN2O2. The van der Waals surface area contributed by atoms with Crippen LogP contribution in [0.1, 0.15) is 24.5 Å². The number of nitrogens with one attached hydrogen (secondary N) is 1. The van der Waals surface area contributed by atoms with Gasteiger partial charge in [-0.05, 0) is 29.7 Å². The van der Waals surface area contributed by atoms with Crippen LogP contribution in [0.25, 0.3) is 0 Å². The Morgan fingerprint density at radius 3 is 2.71 bits per heavy atom. The van der Waals surface area contributed by atoms with Crippen molar-refractivity contribution >= 4 is 23.0 Å². The van der Waals surface area contributed by atoms with Gasteiger partial charge in [0.1, 0.15) is 5.02 Å². The van der Waals surface area contributed by atoms with Gasteiger partial charge in [0.05, 0.1) is 4.92 Å². The minimum atomic E-state index is -0.461. The van der Waals surface area contributed by atoms with Crippen LogP contribution in [0, 0.1) is 10.1 Å². The molecule has 1 N–H and O–H groups in total. The van der Waals surface area contributed by atoms with Crippen LogP contribution >= 0.6 is 11.6 Å². The van der Waals surface area contributed by atoms with E-state index in [4.69, 9.17) is 11.6 Å². The fourth-order valence-corrected chi connectivity index (χ4v) is 2.37. The lowest BCUT2D eigenvalue weighted by Crippen LogP contribution is -2.03. The van der Waals surface area contributed by atoms with Crippen LogP contribution in [0.5, 0.6) is 0 Å². The maximum absolute atomic E-state index is 10.9. The molecule has 0 aliphatic carbocycles. The second-order valence-corrected chi connectivity index (χ2v) is 5.21. The Balaban J connectivity index is 2.13. The summed E-state index contributed by atoms with van der Waals surface area (Å²) in [5, 5.41) is 14.4. The van der Waals surface area contributed by atoms with Gasteiger partial charge in [0.25, 0.3) is 5.69 Å². The summed E-state index contributed by atoms with van der Waals surface area (Å²) in [7, 11) is 0. The van der Waals surface area contributed by atoms with Crippen molar-refractivity contribution in [2.75, 3.05) is 5.32 Å². The number of halogens is 1. The number of para-hydroxylation sites is 1. The van der Waals surface area contributed by atoms with E-state index in [1.165, 1.54) is 11.6 Å². The lowest BCUT2D eigenvalue weighted by molar-refractivity contribution is -0.384. The highest BCUT2D eigenvalue weighted by atomic mass is 35.5. The summed E-state index contributed by atoms with van der Waals surface area (Å²) >= 11 is 5.81. The molecule has 0 atom stereocenters. The van der Waals surface area contributed by atoms with Gasteiger partial charge in [-0.1, -0.05) is 49.2 Å². The summed E-state index contributed by atoms with van der Waals surface area (Å²) in [6, 6.07) is 13.0. The molecule has 0 fully saturated rings. The van der Waals surface area contributed by atoms with Gasteiger partial charge in [0.15, 0.2) is 0 Å². The Bertz CT molecular complexity index is 644. The first-order chi connectivity index (χ1) is 10.1. The summed E-state index contributed by atoms with van der Waals surface area (Å²) in [6.07, 6.45) is 2.08. The first kappa shape index (κ1) is 15.3. The number of benzene rings is 2. The molecule has 0 amide bonds. The van der Waals surface area contributed by atoms with E-state index in [0.717, 1.165) is 24.1 Å². The predicted molar refractivity (Wildman–Crippen MR) is 85.9 cm³/mol. The van der Waals surface area contributed by atoms with E-state index in [9.17, 15) is 10.1 Å². The molecule has 0 spiro atoms. The van der Waals surface area contributed by atoms with Crippen molar-refractivity contribution in [1.29, 1.82) is 0 Å². The van der Waals surface area contributed by atoms with E-state index in [2.05, 4.69) is 18.3 Å². The van der Waals surface area contributed by atoms with Crippen molar-refractivity contribution in [3.8, 4) is 0 Å². The van der Waals surface area contributed by atoms with E-state index in [-0.39, 0.29) is 10.7 Å². The standard InChI is InChI=1S/C16H17ClN2O2/c1-2-5-13-6-3-4-7-15(13)18-11-12-8-9-14(17)16(10-12)19(20)21/h3-4,6-10,18H,2,5,11H2,1H3. The normalized spacial score (nSPS) is 10.4. The lowest BCUT2D eigenvalue weighted by atomic mass is 10.1. The predicted octanol–water partition coefficient (Wildman–Crippen LogP) is 4.81. The highest BCUT2D eigenvalue weighted by Gasteiger charge is 2.12. The Kier molecular flexibility index (Phi) is 5.17. The van der Waals surface area contributed by atoms with Crippen molar-refractivity contribution in [3.63, 3.8) is 0 Å². The highest BCUT2D eigenvalue weighted by molar-refractivity contribution is 6.32. The minimum Gasteiger partial charge on any atom is -0.381 e. The summed E-state index contributed by atoms with van der Waals surface area (Å²) in [6.45, 7) is 2.66. The molecule has 0 heterocycles. The highest BCUT2D eigenvalue weighted by Crippen LogP contribution is 2.26. The topological polar surface area (TPSA) is 55.2 Å². The Morgan fingerprint density at radius 1 is 1.24 bits per heavy atom. The Morgan fingerprint density at radius 2 is 2.00 bits per heavy atom. The smallest absolute Gasteiger partial charge is 0.288 e. The third-order valence-electron chi connectivity index (χ3n) is 3.23. The van der Waals surface area contributed by atoms with Crippen molar-refractivity contribution < 1.29 is 4.92 Å². The van der Waals surface area contributed by atoms with E-state index in [1.54, 1.807) is 12.1 Å². The van der Waals surface area contributed by atoms with Gasteiger partial charge < -0.3 is 5.32 Å². The van der Waals surface area contributed by atoms with Gasteiger partial charge in [-0.2, -0.15) is 0 Å².